The molecule has 0 radical (unpaired) electrons. The largest absolute Gasteiger partial charge is 0.367 e. The summed E-state index contributed by atoms with van der Waals surface area (Å²) in [5.41, 5.74) is 0.245. The summed E-state index contributed by atoms with van der Waals surface area (Å²) in [5.74, 6) is 0.636. The van der Waals surface area contributed by atoms with E-state index in [2.05, 4.69) is 33.4 Å². The van der Waals surface area contributed by atoms with Crippen molar-refractivity contribution in [1.82, 2.24) is 0 Å². The monoisotopic (exact) mass is 186 g/mol. The fourth-order valence-corrected chi connectivity index (χ4v) is 3.08. The summed E-state index contributed by atoms with van der Waals surface area (Å²) in [6.07, 6.45) is 3.57. The fourth-order valence-electron chi connectivity index (χ4n) is 2.59. The van der Waals surface area contributed by atoms with Crippen molar-refractivity contribution < 1.29 is 4.74 Å². The van der Waals surface area contributed by atoms with E-state index in [9.17, 15) is 0 Å². The SMILES string of the molecule is CC(C)C12CCC(C)(O1)C(S)C2. The zero-order valence-corrected chi connectivity index (χ0v) is 9.03. The zero-order chi connectivity index (χ0) is 8.98. The molecule has 1 nitrogen and oxygen atoms in total. The van der Waals surface area contributed by atoms with Gasteiger partial charge in [0.05, 0.1) is 11.2 Å². The standard InChI is InChI=1S/C10H18OS/c1-7(2)10-5-4-9(3,11-10)8(12)6-10/h7-8,12H,4-6H2,1-3H3. The molecule has 3 atom stereocenters. The summed E-state index contributed by atoms with van der Waals surface area (Å²) >= 11 is 4.61. The van der Waals surface area contributed by atoms with E-state index in [1.807, 2.05) is 0 Å². The van der Waals surface area contributed by atoms with Gasteiger partial charge in [-0.15, -0.1) is 0 Å². The molecule has 2 aliphatic heterocycles. The van der Waals surface area contributed by atoms with Crippen LogP contribution in [0.15, 0.2) is 0 Å². The first-order valence-electron chi connectivity index (χ1n) is 4.87. The molecule has 0 saturated carbocycles. The van der Waals surface area contributed by atoms with Crippen LogP contribution in [0.2, 0.25) is 0 Å². The Kier molecular flexibility index (Phi) is 1.79. The minimum Gasteiger partial charge on any atom is -0.367 e. The highest BCUT2D eigenvalue weighted by Crippen LogP contribution is 2.55. The summed E-state index contributed by atoms with van der Waals surface area (Å²) in [6.45, 7) is 6.73. The van der Waals surface area contributed by atoms with Gasteiger partial charge in [0, 0.05) is 5.25 Å². The van der Waals surface area contributed by atoms with Crippen LogP contribution in [0.4, 0.5) is 0 Å². The van der Waals surface area contributed by atoms with Crippen LogP contribution in [0.5, 0.6) is 0 Å². The van der Waals surface area contributed by atoms with Crippen molar-refractivity contribution in [2.24, 2.45) is 5.92 Å². The van der Waals surface area contributed by atoms with Crippen molar-refractivity contribution in [3.05, 3.63) is 0 Å². The van der Waals surface area contributed by atoms with Crippen LogP contribution in [0.3, 0.4) is 0 Å². The van der Waals surface area contributed by atoms with Crippen LogP contribution < -0.4 is 0 Å². The summed E-state index contributed by atoms with van der Waals surface area (Å²) < 4.78 is 6.14. The highest BCUT2D eigenvalue weighted by Gasteiger charge is 2.58. The van der Waals surface area contributed by atoms with Crippen LogP contribution in [0.1, 0.15) is 40.0 Å². The van der Waals surface area contributed by atoms with Gasteiger partial charge in [-0.2, -0.15) is 12.6 Å². The first kappa shape index (κ1) is 8.89. The third kappa shape index (κ3) is 0.973. The van der Waals surface area contributed by atoms with E-state index < -0.39 is 0 Å². The second-order valence-electron chi connectivity index (χ2n) is 4.85. The van der Waals surface area contributed by atoms with E-state index >= 15 is 0 Å². The minimum atomic E-state index is 0.0768. The van der Waals surface area contributed by atoms with Gasteiger partial charge in [-0.05, 0) is 32.1 Å². The molecule has 2 bridgehead atoms. The molecule has 0 N–H and O–H groups in total. The molecule has 2 fully saturated rings. The van der Waals surface area contributed by atoms with Gasteiger partial charge in [-0.25, -0.2) is 0 Å². The van der Waals surface area contributed by atoms with Gasteiger partial charge in [0.25, 0.3) is 0 Å². The number of thiol groups is 1. The summed E-state index contributed by atoms with van der Waals surface area (Å²) in [6, 6.07) is 0. The molecule has 0 aromatic rings. The number of rotatable bonds is 1. The summed E-state index contributed by atoms with van der Waals surface area (Å²) in [5, 5.41) is 0.452. The smallest absolute Gasteiger partial charge is 0.0779 e. The number of hydrogen-bond donors (Lipinski definition) is 1. The lowest BCUT2D eigenvalue weighted by Gasteiger charge is -2.29. The molecule has 3 unspecified atom stereocenters. The zero-order valence-electron chi connectivity index (χ0n) is 8.13. The third-order valence-electron chi connectivity index (χ3n) is 3.78. The first-order chi connectivity index (χ1) is 5.49. The fraction of sp³-hybridized carbons (Fsp3) is 1.00. The van der Waals surface area contributed by atoms with Gasteiger partial charge in [-0.1, -0.05) is 13.8 Å². The van der Waals surface area contributed by atoms with Crippen LogP contribution in [-0.2, 0) is 4.74 Å². The Morgan fingerprint density at radius 3 is 2.33 bits per heavy atom. The van der Waals surface area contributed by atoms with Gasteiger partial charge in [-0.3, -0.25) is 0 Å². The van der Waals surface area contributed by atoms with Crippen molar-refractivity contribution in [2.45, 2.75) is 56.5 Å². The Hall–Kier alpha value is 0.310. The van der Waals surface area contributed by atoms with Crippen molar-refractivity contribution in [3.8, 4) is 0 Å². The molecular weight excluding hydrogens is 168 g/mol. The number of ether oxygens (including phenoxy) is 1. The quantitative estimate of drug-likeness (QED) is 0.619. The van der Waals surface area contributed by atoms with Gasteiger partial charge >= 0.3 is 0 Å². The molecule has 2 heteroatoms. The van der Waals surface area contributed by atoms with E-state index in [-0.39, 0.29) is 11.2 Å². The predicted molar refractivity (Wildman–Crippen MR) is 53.7 cm³/mol. The van der Waals surface area contributed by atoms with Crippen LogP contribution in [-0.4, -0.2) is 16.5 Å². The van der Waals surface area contributed by atoms with Gasteiger partial charge < -0.3 is 4.74 Å². The number of fused-ring (bicyclic) bond motifs is 2. The van der Waals surface area contributed by atoms with Crippen molar-refractivity contribution in [3.63, 3.8) is 0 Å². The average molecular weight is 186 g/mol. The summed E-state index contributed by atoms with van der Waals surface area (Å²) in [7, 11) is 0. The highest BCUT2D eigenvalue weighted by molar-refractivity contribution is 7.81. The molecular formula is C10H18OS. The molecule has 0 spiro atoms. The van der Waals surface area contributed by atoms with E-state index in [0.29, 0.717) is 11.2 Å². The van der Waals surface area contributed by atoms with E-state index in [4.69, 9.17) is 4.74 Å². The Bertz CT molecular complexity index is 204. The molecule has 0 aromatic heterocycles. The van der Waals surface area contributed by atoms with Crippen molar-refractivity contribution in [2.75, 3.05) is 0 Å². The average Bonchev–Trinajstić information content (AvgIpc) is 2.41. The maximum Gasteiger partial charge on any atom is 0.0779 e. The van der Waals surface area contributed by atoms with Crippen LogP contribution >= 0.6 is 12.6 Å². The lowest BCUT2D eigenvalue weighted by molar-refractivity contribution is -0.0624. The van der Waals surface area contributed by atoms with Crippen LogP contribution in [0.25, 0.3) is 0 Å². The molecule has 2 heterocycles. The first-order valence-corrected chi connectivity index (χ1v) is 5.38. The Balaban J connectivity index is 2.25. The van der Waals surface area contributed by atoms with Crippen molar-refractivity contribution in [1.29, 1.82) is 0 Å². The summed E-state index contributed by atoms with van der Waals surface area (Å²) in [4.78, 5) is 0. The molecule has 12 heavy (non-hydrogen) atoms. The third-order valence-corrected chi connectivity index (χ3v) is 4.51. The maximum atomic E-state index is 6.14. The van der Waals surface area contributed by atoms with Gasteiger partial charge in [0.2, 0.25) is 0 Å². The highest BCUT2D eigenvalue weighted by atomic mass is 32.1. The minimum absolute atomic E-state index is 0.0768. The lowest BCUT2D eigenvalue weighted by Crippen LogP contribution is -2.33. The Labute approximate surface area is 80.3 Å². The lowest BCUT2D eigenvalue weighted by atomic mass is 9.77. The Morgan fingerprint density at radius 2 is 2.08 bits per heavy atom. The van der Waals surface area contributed by atoms with Crippen LogP contribution in [0, 0.1) is 5.92 Å². The van der Waals surface area contributed by atoms with E-state index in [0.717, 1.165) is 6.42 Å². The second kappa shape index (κ2) is 2.42. The molecule has 2 saturated heterocycles. The van der Waals surface area contributed by atoms with Crippen molar-refractivity contribution >= 4 is 12.6 Å². The predicted octanol–water partition coefficient (Wildman–Crippen LogP) is 2.65. The molecule has 2 aliphatic rings. The second-order valence-corrected chi connectivity index (χ2v) is 5.48. The molecule has 0 aliphatic carbocycles. The maximum absolute atomic E-state index is 6.14. The topological polar surface area (TPSA) is 9.23 Å². The van der Waals surface area contributed by atoms with E-state index in [1.165, 1.54) is 12.8 Å². The molecule has 70 valence electrons. The number of hydrogen-bond acceptors (Lipinski definition) is 2. The normalized spacial score (nSPS) is 52.2. The molecule has 0 aromatic carbocycles. The van der Waals surface area contributed by atoms with E-state index in [1.54, 1.807) is 0 Å². The Morgan fingerprint density at radius 1 is 1.42 bits per heavy atom. The van der Waals surface area contributed by atoms with Gasteiger partial charge in [0.1, 0.15) is 0 Å². The molecule has 2 rings (SSSR count). The molecule has 0 amide bonds. The van der Waals surface area contributed by atoms with Gasteiger partial charge in [0.15, 0.2) is 0 Å².